The fourth-order valence-electron chi connectivity index (χ4n) is 2.86. The van der Waals surface area contributed by atoms with Crippen molar-refractivity contribution in [3.8, 4) is 0 Å². The van der Waals surface area contributed by atoms with Gasteiger partial charge < -0.3 is 4.90 Å². The van der Waals surface area contributed by atoms with Crippen LogP contribution in [-0.2, 0) is 14.8 Å². The van der Waals surface area contributed by atoms with Gasteiger partial charge in [-0.3, -0.25) is 9.69 Å². The van der Waals surface area contributed by atoms with Crippen LogP contribution in [0.5, 0.6) is 0 Å². The first kappa shape index (κ1) is 20.2. The lowest BCUT2D eigenvalue weighted by molar-refractivity contribution is -0.132. The molecule has 6 nitrogen and oxygen atoms in total. The first-order valence-corrected chi connectivity index (χ1v) is 10.4. The molecule has 25 heavy (non-hydrogen) atoms. The third kappa shape index (κ3) is 6.26. The molecule has 0 unspecified atom stereocenters. The van der Waals surface area contributed by atoms with Gasteiger partial charge in [0.1, 0.15) is 0 Å². The minimum atomic E-state index is -3.64. The van der Waals surface area contributed by atoms with Crippen molar-refractivity contribution in [3.63, 3.8) is 0 Å². The summed E-state index contributed by atoms with van der Waals surface area (Å²) in [6.45, 7) is 8.64. The van der Waals surface area contributed by atoms with Crippen molar-refractivity contribution in [1.82, 2.24) is 14.5 Å². The van der Waals surface area contributed by atoms with E-state index in [1.54, 1.807) is 12.1 Å². The maximum Gasteiger partial charge on any atom is 0.240 e. The molecule has 1 amide bonds. The van der Waals surface area contributed by atoms with Crippen molar-refractivity contribution < 1.29 is 13.2 Å². The number of carbonyl (C=O) groups excluding carboxylic acids is 1. The molecule has 0 spiro atoms. The topological polar surface area (TPSA) is 69.7 Å². The molecule has 2 rings (SSSR count). The summed E-state index contributed by atoms with van der Waals surface area (Å²) in [5.74, 6) is 0.598. The van der Waals surface area contributed by atoms with E-state index in [-0.39, 0.29) is 23.8 Å². The predicted molar refractivity (Wildman–Crippen MR) is 99.1 cm³/mol. The monoisotopic (exact) mass is 387 g/mol. The molecule has 1 aromatic rings. The van der Waals surface area contributed by atoms with Crippen LogP contribution in [0.2, 0.25) is 5.02 Å². The van der Waals surface area contributed by atoms with Gasteiger partial charge in [-0.2, -0.15) is 0 Å². The van der Waals surface area contributed by atoms with E-state index in [9.17, 15) is 13.2 Å². The van der Waals surface area contributed by atoms with Crippen molar-refractivity contribution in [2.45, 2.75) is 25.2 Å². The lowest BCUT2D eigenvalue weighted by Gasteiger charge is -2.35. The molecule has 1 N–H and O–H groups in total. The summed E-state index contributed by atoms with van der Waals surface area (Å²) >= 11 is 5.82. The zero-order valence-electron chi connectivity index (χ0n) is 14.7. The van der Waals surface area contributed by atoms with Crippen molar-refractivity contribution in [1.29, 1.82) is 0 Å². The van der Waals surface area contributed by atoms with Crippen LogP contribution in [0.15, 0.2) is 29.2 Å². The molecule has 1 saturated heterocycles. The van der Waals surface area contributed by atoms with Gasteiger partial charge in [-0.05, 0) is 24.1 Å². The van der Waals surface area contributed by atoms with E-state index in [0.29, 0.717) is 24.0 Å². The average Bonchev–Trinajstić information content (AvgIpc) is 2.54. The molecule has 0 bridgehead atoms. The fraction of sp³-hybridized carbons (Fsp3) is 0.588. The molecule has 0 radical (unpaired) electrons. The van der Waals surface area contributed by atoms with Crippen LogP contribution in [0.3, 0.4) is 0 Å². The van der Waals surface area contributed by atoms with Gasteiger partial charge >= 0.3 is 0 Å². The molecule has 1 aromatic carbocycles. The number of hydrogen-bond acceptors (Lipinski definition) is 4. The summed E-state index contributed by atoms with van der Waals surface area (Å²) < 4.78 is 26.8. The molecule has 140 valence electrons. The largest absolute Gasteiger partial charge is 0.340 e. The Morgan fingerprint density at radius 3 is 2.52 bits per heavy atom. The van der Waals surface area contributed by atoms with E-state index < -0.39 is 10.0 Å². The number of sulfonamides is 1. The maximum absolute atomic E-state index is 12.3. The molecule has 1 fully saturated rings. The number of benzene rings is 1. The third-order valence-corrected chi connectivity index (χ3v) is 5.78. The van der Waals surface area contributed by atoms with Crippen molar-refractivity contribution >= 4 is 27.5 Å². The SMILES string of the molecule is CC(C)CN1CCN(C(=O)CCNS(=O)(=O)c2cccc(Cl)c2)CC1. The second-order valence-corrected chi connectivity index (χ2v) is 8.88. The number of amides is 1. The fourth-order valence-corrected chi connectivity index (χ4v) is 4.20. The van der Waals surface area contributed by atoms with Crippen LogP contribution >= 0.6 is 11.6 Å². The normalized spacial score (nSPS) is 16.4. The van der Waals surface area contributed by atoms with Crippen molar-refractivity contribution in [2.75, 3.05) is 39.3 Å². The Balaban J connectivity index is 1.77. The summed E-state index contributed by atoms with van der Waals surface area (Å²) in [5, 5.41) is 0.359. The van der Waals surface area contributed by atoms with Gasteiger partial charge in [0.05, 0.1) is 4.90 Å². The molecular formula is C17H26ClN3O3S. The van der Waals surface area contributed by atoms with Gasteiger partial charge in [-0.15, -0.1) is 0 Å². The van der Waals surface area contributed by atoms with Gasteiger partial charge in [0, 0.05) is 50.7 Å². The molecule has 8 heteroatoms. The minimum Gasteiger partial charge on any atom is -0.340 e. The number of nitrogens with zero attached hydrogens (tertiary/aromatic N) is 2. The highest BCUT2D eigenvalue weighted by Crippen LogP contribution is 2.15. The number of rotatable bonds is 7. The van der Waals surface area contributed by atoms with Gasteiger partial charge in [0.25, 0.3) is 0 Å². The van der Waals surface area contributed by atoms with E-state index in [1.165, 1.54) is 12.1 Å². The number of piperazine rings is 1. The Bertz CT molecular complexity index is 686. The Hall–Kier alpha value is -1.15. The number of nitrogens with one attached hydrogen (secondary N) is 1. The summed E-state index contributed by atoms with van der Waals surface area (Å²) in [7, 11) is -3.64. The molecule has 0 aliphatic carbocycles. The van der Waals surface area contributed by atoms with Crippen LogP contribution in [0.4, 0.5) is 0 Å². The molecule has 0 saturated carbocycles. The van der Waals surface area contributed by atoms with Crippen LogP contribution in [-0.4, -0.2) is 63.4 Å². The zero-order valence-corrected chi connectivity index (χ0v) is 16.3. The molecule has 0 atom stereocenters. The molecule has 1 aliphatic heterocycles. The highest BCUT2D eigenvalue weighted by Gasteiger charge is 2.22. The lowest BCUT2D eigenvalue weighted by atomic mass is 10.2. The standard InChI is InChI=1S/C17H26ClN3O3S/c1-14(2)13-20-8-10-21(11-9-20)17(22)6-7-19-25(23,24)16-5-3-4-15(18)12-16/h3-5,12,14,19H,6-11,13H2,1-2H3. The Kier molecular flexibility index (Phi) is 7.25. The van der Waals surface area contributed by atoms with Crippen LogP contribution in [0.25, 0.3) is 0 Å². The Morgan fingerprint density at radius 2 is 1.92 bits per heavy atom. The van der Waals surface area contributed by atoms with E-state index >= 15 is 0 Å². The van der Waals surface area contributed by atoms with Crippen LogP contribution < -0.4 is 4.72 Å². The van der Waals surface area contributed by atoms with Crippen molar-refractivity contribution in [2.24, 2.45) is 5.92 Å². The number of hydrogen-bond donors (Lipinski definition) is 1. The smallest absolute Gasteiger partial charge is 0.240 e. The van der Waals surface area contributed by atoms with E-state index in [0.717, 1.165) is 19.6 Å². The molecule has 1 heterocycles. The van der Waals surface area contributed by atoms with E-state index in [2.05, 4.69) is 23.5 Å². The van der Waals surface area contributed by atoms with Gasteiger partial charge in [-0.25, -0.2) is 13.1 Å². The van der Waals surface area contributed by atoms with Gasteiger partial charge in [0.2, 0.25) is 15.9 Å². The van der Waals surface area contributed by atoms with Crippen LogP contribution in [0.1, 0.15) is 20.3 Å². The Morgan fingerprint density at radius 1 is 1.24 bits per heavy atom. The summed E-state index contributed by atoms with van der Waals surface area (Å²) in [6, 6.07) is 6.06. The van der Waals surface area contributed by atoms with Crippen LogP contribution in [0, 0.1) is 5.92 Å². The van der Waals surface area contributed by atoms with E-state index in [1.807, 2.05) is 4.90 Å². The summed E-state index contributed by atoms with van der Waals surface area (Å²) in [5.41, 5.74) is 0. The lowest BCUT2D eigenvalue weighted by Crippen LogP contribution is -2.49. The first-order chi connectivity index (χ1) is 11.8. The average molecular weight is 388 g/mol. The second kappa shape index (κ2) is 8.98. The van der Waals surface area contributed by atoms with E-state index in [4.69, 9.17) is 11.6 Å². The zero-order chi connectivity index (χ0) is 18.4. The van der Waals surface area contributed by atoms with Gasteiger partial charge in [-0.1, -0.05) is 31.5 Å². The Labute approximate surface area is 155 Å². The number of halogens is 1. The highest BCUT2D eigenvalue weighted by atomic mass is 35.5. The quantitative estimate of drug-likeness (QED) is 0.774. The second-order valence-electron chi connectivity index (χ2n) is 6.68. The number of carbonyl (C=O) groups is 1. The minimum absolute atomic E-state index is 0.0157. The summed E-state index contributed by atoms with van der Waals surface area (Å²) in [6.07, 6.45) is 0.157. The summed E-state index contributed by atoms with van der Waals surface area (Å²) in [4.78, 5) is 16.5. The highest BCUT2D eigenvalue weighted by molar-refractivity contribution is 7.89. The first-order valence-electron chi connectivity index (χ1n) is 8.53. The predicted octanol–water partition coefficient (Wildman–Crippen LogP) is 1.81. The van der Waals surface area contributed by atoms with Crippen molar-refractivity contribution in [3.05, 3.63) is 29.3 Å². The maximum atomic E-state index is 12.3. The molecule has 1 aliphatic rings. The third-order valence-electron chi connectivity index (χ3n) is 4.09. The van der Waals surface area contributed by atoms with Gasteiger partial charge in [0.15, 0.2) is 0 Å². The molecular weight excluding hydrogens is 362 g/mol. The molecule has 0 aromatic heterocycles.